The summed E-state index contributed by atoms with van der Waals surface area (Å²) in [6.07, 6.45) is 5.44. The molecule has 1 nitrogen and oxygen atoms in total. The second-order valence-corrected chi connectivity index (χ2v) is 6.06. The van der Waals surface area contributed by atoms with E-state index in [9.17, 15) is 0 Å². The van der Waals surface area contributed by atoms with Gasteiger partial charge in [0.2, 0.25) is 0 Å². The number of hydrogen-bond donors (Lipinski definition) is 1. The van der Waals surface area contributed by atoms with Crippen LogP contribution in [0.15, 0.2) is 0 Å². The molecule has 15 heavy (non-hydrogen) atoms. The highest BCUT2D eigenvalue weighted by Gasteiger charge is 2.20. The van der Waals surface area contributed by atoms with E-state index in [2.05, 4.69) is 46.9 Å². The minimum absolute atomic E-state index is 0.519. The lowest BCUT2D eigenvalue weighted by molar-refractivity contribution is 0.221. The maximum absolute atomic E-state index is 3.47. The molecule has 0 spiro atoms. The normalized spacial score (nSPS) is 12.8. The maximum atomic E-state index is 3.47. The fourth-order valence-electron chi connectivity index (χ4n) is 1.56. The van der Waals surface area contributed by atoms with Gasteiger partial charge in [-0.3, -0.25) is 0 Å². The first-order chi connectivity index (χ1) is 6.86. The third-order valence-corrected chi connectivity index (χ3v) is 3.61. The van der Waals surface area contributed by atoms with Crippen molar-refractivity contribution in [3.8, 4) is 0 Å². The van der Waals surface area contributed by atoms with Crippen LogP contribution in [0.1, 0.15) is 67.2 Å². The lowest BCUT2D eigenvalue weighted by Crippen LogP contribution is -2.23. The SMILES string of the molecule is CC(C)NCCCCCC(C)(C)C(C)C. The largest absolute Gasteiger partial charge is 0.315 e. The average molecular weight is 213 g/mol. The van der Waals surface area contributed by atoms with Crippen molar-refractivity contribution >= 4 is 0 Å². The molecule has 0 amide bonds. The van der Waals surface area contributed by atoms with Crippen LogP contribution in [0.2, 0.25) is 0 Å². The van der Waals surface area contributed by atoms with Gasteiger partial charge in [0, 0.05) is 6.04 Å². The smallest absolute Gasteiger partial charge is 0.00103 e. The minimum Gasteiger partial charge on any atom is -0.315 e. The molecule has 0 aliphatic carbocycles. The van der Waals surface area contributed by atoms with Crippen molar-refractivity contribution in [2.45, 2.75) is 73.3 Å². The molecule has 0 bridgehead atoms. The van der Waals surface area contributed by atoms with Crippen LogP contribution < -0.4 is 5.32 Å². The minimum atomic E-state index is 0.519. The Bertz CT molecular complexity index is 147. The molecule has 0 unspecified atom stereocenters. The van der Waals surface area contributed by atoms with Gasteiger partial charge in [0.05, 0.1) is 0 Å². The summed E-state index contributed by atoms with van der Waals surface area (Å²) in [7, 11) is 0. The molecule has 0 fully saturated rings. The summed E-state index contributed by atoms with van der Waals surface area (Å²) in [6.45, 7) is 15.1. The van der Waals surface area contributed by atoms with Gasteiger partial charge < -0.3 is 5.32 Å². The van der Waals surface area contributed by atoms with Gasteiger partial charge in [-0.2, -0.15) is 0 Å². The Labute approximate surface area is 97.0 Å². The van der Waals surface area contributed by atoms with E-state index in [-0.39, 0.29) is 0 Å². The predicted octanol–water partition coefficient (Wildman–Crippen LogP) is 4.23. The molecule has 0 aromatic carbocycles. The number of rotatable bonds is 8. The molecule has 0 aromatic rings. The molecule has 1 N–H and O–H groups in total. The zero-order chi connectivity index (χ0) is 11.9. The van der Waals surface area contributed by atoms with Gasteiger partial charge in [-0.1, -0.05) is 54.4 Å². The first kappa shape index (κ1) is 15.0. The zero-order valence-electron chi connectivity index (χ0n) is 11.7. The molecule has 0 aromatic heterocycles. The van der Waals surface area contributed by atoms with Crippen LogP contribution in [0.25, 0.3) is 0 Å². The van der Waals surface area contributed by atoms with E-state index < -0.39 is 0 Å². The van der Waals surface area contributed by atoms with Crippen molar-refractivity contribution < 1.29 is 0 Å². The highest BCUT2D eigenvalue weighted by molar-refractivity contribution is 4.72. The fraction of sp³-hybridized carbons (Fsp3) is 1.00. The number of nitrogens with one attached hydrogen (secondary N) is 1. The summed E-state index contributed by atoms with van der Waals surface area (Å²) >= 11 is 0. The van der Waals surface area contributed by atoms with Gasteiger partial charge >= 0.3 is 0 Å². The predicted molar refractivity (Wildman–Crippen MR) is 70.2 cm³/mol. The van der Waals surface area contributed by atoms with Crippen LogP contribution in [0, 0.1) is 11.3 Å². The van der Waals surface area contributed by atoms with Crippen LogP contribution in [-0.2, 0) is 0 Å². The van der Waals surface area contributed by atoms with Crippen molar-refractivity contribution in [1.29, 1.82) is 0 Å². The summed E-state index contributed by atoms with van der Waals surface area (Å²) < 4.78 is 0. The Hall–Kier alpha value is -0.0400. The fourth-order valence-corrected chi connectivity index (χ4v) is 1.56. The van der Waals surface area contributed by atoms with Crippen molar-refractivity contribution in [2.75, 3.05) is 6.54 Å². The number of hydrogen-bond acceptors (Lipinski definition) is 1. The lowest BCUT2D eigenvalue weighted by Gasteiger charge is -2.29. The van der Waals surface area contributed by atoms with E-state index >= 15 is 0 Å². The van der Waals surface area contributed by atoms with Gasteiger partial charge in [-0.15, -0.1) is 0 Å². The van der Waals surface area contributed by atoms with E-state index in [4.69, 9.17) is 0 Å². The van der Waals surface area contributed by atoms with Gasteiger partial charge in [-0.25, -0.2) is 0 Å². The topological polar surface area (TPSA) is 12.0 Å². The highest BCUT2D eigenvalue weighted by Crippen LogP contribution is 2.31. The first-order valence-corrected chi connectivity index (χ1v) is 6.59. The van der Waals surface area contributed by atoms with E-state index in [0.29, 0.717) is 11.5 Å². The standard InChI is InChI=1S/C14H31N/c1-12(2)14(5,6)10-8-7-9-11-15-13(3)4/h12-13,15H,7-11H2,1-6H3. The Morgan fingerprint density at radius 2 is 1.53 bits per heavy atom. The molecule has 0 heterocycles. The Morgan fingerprint density at radius 1 is 0.933 bits per heavy atom. The molecule has 1 heteroatoms. The van der Waals surface area contributed by atoms with Crippen molar-refractivity contribution in [2.24, 2.45) is 11.3 Å². The molecule has 0 aliphatic heterocycles. The molecular weight excluding hydrogens is 182 g/mol. The van der Waals surface area contributed by atoms with Gasteiger partial charge in [0.15, 0.2) is 0 Å². The second kappa shape index (κ2) is 7.27. The zero-order valence-corrected chi connectivity index (χ0v) is 11.7. The number of unbranched alkanes of at least 4 members (excludes halogenated alkanes) is 2. The molecule has 0 saturated heterocycles. The van der Waals surface area contributed by atoms with Gasteiger partial charge in [0.1, 0.15) is 0 Å². The van der Waals surface area contributed by atoms with Gasteiger partial charge in [0.25, 0.3) is 0 Å². The van der Waals surface area contributed by atoms with Crippen LogP contribution in [-0.4, -0.2) is 12.6 Å². The highest BCUT2D eigenvalue weighted by atomic mass is 14.9. The monoisotopic (exact) mass is 213 g/mol. The van der Waals surface area contributed by atoms with E-state index in [1.165, 1.54) is 32.2 Å². The molecule has 92 valence electrons. The summed E-state index contributed by atoms with van der Waals surface area (Å²) in [5.41, 5.74) is 0.519. The molecule has 0 saturated carbocycles. The average Bonchev–Trinajstić information content (AvgIpc) is 2.10. The van der Waals surface area contributed by atoms with Crippen LogP contribution in [0.5, 0.6) is 0 Å². The molecule has 0 atom stereocenters. The van der Waals surface area contributed by atoms with Crippen molar-refractivity contribution in [3.05, 3.63) is 0 Å². The van der Waals surface area contributed by atoms with E-state index in [0.717, 1.165) is 5.92 Å². The third kappa shape index (κ3) is 7.84. The Kier molecular flexibility index (Phi) is 7.25. The molecule has 0 radical (unpaired) electrons. The molecule has 0 rings (SSSR count). The lowest BCUT2D eigenvalue weighted by atomic mass is 9.77. The van der Waals surface area contributed by atoms with Crippen LogP contribution in [0.4, 0.5) is 0 Å². The van der Waals surface area contributed by atoms with Crippen molar-refractivity contribution in [3.63, 3.8) is 0 Å². The second-order valence-electron chi connectivity index (χ2n) is 6.06. The maximum Gasteiger partial charge on any atom is 0.00103 e. The molecular formula is C14H31N. The first-order valence-electron chi connectivity index (χ1n) is 6.59. The third-order valence-electron chi connectivity index (χ3n) is 3.61. The summed E-state index contributed by atoms with van der Waals surface area (Å²) in [5, 5.41) is 3.47. The summed E-state index contributed by atoms with van der Waals surface area (Å²) in [4.78, 5) is 0. The van der Waals surface area contributed by atoms with Gasteiger partial charge in [-0.05, 0) is 30.7 Å². The van der Waals surface area contributed by atoms with Crippen LogP contribution in [0.3, 0.4) is 0 Å². The molecule has 0 aliphatic rings. The Morgan fingerprint density at radius 3 is 2.00 bits per heavy atom. The quantitative estimate of drug-likeness (QED) is 0.595. The van der Waals surface area contributed by atoms with Crippen molar-refractivity contribution in [1.82, 2.24) is 5.32 Å². The summed E-state index contributed by atoms with van der Waals surface area (Å²) in [6, 6.07) is 0.636. The summed E-state index contributed by atoms with van der Waals surface area (Å²) in [5.74, 6) is 0.797. The van der Waals surface area contributed by atoms with E-state index in [1.807, 2.05) is 0 Å². The Balaban J connectivity index is 3.39. The van der Waals surface area contributed by atoms with E-state index in [1.54, 1.807) is 0 Å². The van der Waals surface area contributed by atoms with Crippen LogP contribution >= 0.6 is 0 Å².